The van der Waals surface area contributed by atoms with E-state index >= 15 is 0 Å². The van der Waals surface area contributed by atoms with Crippen LogP contribution in [0.1, 0.15) is 77.3 Å². The van der Waals surface area contributed by atoms with Gasteiger partial charge in [0.2, 0.25) is 5.91 Å². The van der Waals surface area contributed by atoms with Crippen LogP contribution in [0, 0.1) is 11.3 Å². The predicted molar refractivity (Wildman–Crippen MR) is 121 cm³/mol. The van der Waals surface area contributed by atoms with E-state index in [1.165, 1.54) is 6.42 Å². The molecule has 1 saturated heterocycles. The Labute approximate surface area is 184 Å². The number of nitrogens with zero attached hydrogens (tertiary/aromatic N) is 2. The van der Waals surface area contributed by atoms with Crippen molar-refractivity contribution in [1.82, 2.24) is 14.8 Å². The smallest absolute Gasteiger partial charge is 0.319 e. The summed E-state index contributed by atoms with van der Waals surface area (Å²) in [4.78, 5) is 40.3. The second-order valence-electron chi connectivity index (χ2n) is 10.9. The molecule has 0 spiro atoms. The first-order chi connectivity index (χ1) is 14.7. The van der Waals surface area contributed by atoms with Crippen molar-refractivity contribution in [3.8, 4) is 0 Å². The Bertz CT molecular complexity index is 895. The lowest BCUT2D eigenvalue weighted by molar-refractivity contribution is -0.135. The molecule has 1 aromatic heterocycles. The first-order valence-electron chi connectivity index (χ1n) is 11.8. The average Bonchev–Trinajstić information content (AvgIpc) is 2.70. The fraction of sp³-hybridized carbons (Fsp3) is 0.708. The van der Waals surface area contributed by atoms with Gasteiger partial charge in [-0.25, -0.2) is 4.79 Å². The van der Waals surface area contributed by atoms with E-state index in [1.807, 2.05) is 15.5 Å². The minimum absolute atomic E-state index is 0.0305. The van der Waals surface area contributed by atoms with Gasteiger partial charge in [-0.1, -0.05) is 40.0 Å². The summed E-state index contributed by atoms with van der Waals surface area (Å²) in [6.07, 6.45) is 7.07. The summed E-state index contributed by atoms with van der Waals surface area (Å²) in [6.45, 7) is 8.23. The number of urea groups is 1. The highest BCUT2D eigenvalue weighted by Gasteiger charge is 2.37. The second-order valence-corrected chi connectivity index (χ2v) is 10.9. The van der Waals surface area contributed by atoms with Gasteiger partial charge in [-0.2, -0.15) is 0 Å². The highest BCUT2D eigenvalue weighted by molar-refractivity contribution is 5.89. The molecule has 2 aliphatic heterocycles. The van der Waals surface area contributed by atoms with Gasteiger partial charge in [-0.15, -0.1) is 0 Å². The molecule has 3 aliphatic rings. The van der Waals surface area contributed by atoms with Crippen molar-refractivity contribution in [2.75, 3.05) is 18.4 Å². The number of hydrogen-bond donors (Lipinski definition) is 2. The largest absolute Gasteiger partial charge is 0.342 e. The van der Waals surface area contributed by atoms with Gasteiger partial charge in [0.05, 0.1) is 0 Å². The lowest BCUT2D eigenvalue weighted by Crippen LogP contribution is -2.50. The molecule has 2 fully saturated rings. The van der Waals surface area contributed by atoms with E-state index in [0.717, 1.165) is 37.8 Å². The zero-order valence-corrected chi connectivity index (χ0v) is 19.1. The third kappa shape index (κ3) is 5.13. The minimum Gasteiger partial charge on any atom is -0.342 e. The lowest BCUT2D eigenvalue weighted by atomic mass is 9.82. The molecule has 31 heavy (non-hydrogen) atoms. The number of pyridine rings is 1. The highest BCUT2D eigenvalue weighted by atomic mass is 16.2. The van der Waals surface area contributed by atoms with Crippen LogP contribution in [-0.4, -0.2) is 40.5 Å². The van der Waals surface area contributed by atoms with Crippen LogP contribution in [-0.2, 0) is 11.3 Å². The molecule has 0 unspecified atom stereocenters. The van der Waals surface area contributed by atoms with E-state index in [4.69, 9.17) is 0 Å². The van der Waals surface area contributed by atoms with Gasteiger partial charge in [-0.3, -0.25) is 9.59 Å². The number of piperidine rings is 1. The molecule has 1 aliphatic carbocycles. The van der Waals surface area contributed by atoms with Crippen molar-refractivity contribution in [3.63, 3.8) is 0 Å². The first kappa shape index (κ1) is 21.9. The minimum atomic E-state index is -0.292. The number of amides is 3. The Balaban J connectivity index is 1.45. The zero-order valence-electron chi connectivity index (χ0n) is 19.1. The SMILES string of the molecule is CC(C)(C)CC(=O)N1C[C@@H]2C[C@H](C1)c1ccc(NC(=O)NC3CCCCC3)c(=O)n1C2. The van der Waals surface area contributed by atoms with Crippen molar-refractivity contribution >= 4 is 17.6 Å². The number of anilines is 1. The summed E-state index contributed by atoms with van der Waals surface area (Å²) in [5.74, 6) is 0.657. The molecule has 0 aromatic carbocycles. The van der Waals surface area contributed by atoms with Gasteiger partial charge < -0.3 is 20.1 Å². The Kier molecular flexibility index (Phi) is 6.13. The maximum absolute atomic E-state index is 13.1. The predicted octanol–water partition coefficient (Wildman–Crippen LogP) is 3.68. The van der Waals surface area contributed by atoms with Gasteiger partial charge in [0.15, 0.2) is 0 Å². The number of likely N-dealkylation sites (tertiary alicyclic amines) is 1. The number of carbonyl (C=O) groups is 2. The fourth-order valence-corrected chi connectivity index (χ4v) is 5.40. The van der Waals surface area contributed by atoms with Crippen LogP contribution in [0.5, 0.6) is 0 Å². The van der Waals surface area contributed by atoms with E-state index < -0.39 is 0 Å². The standard InChI is InChI=1S/C24H36N4O3/c1-24(2,3)12-21(29)27-13-16-11-17(15-27)20-10-9-19(22(30)28(20)14-16)26-23(31)25-18-7-5-4-6-8-18/h9-10,16-18H,4-8,11-15H2,1-3H3,(H2,25,26,31)/t16-,17+/m0/s1. The van der Waals surface area contributed by atoms with E-state index in [0.29, 0.717) is 31.7 Å². The number of fused-ring (bicyclic) bond motifs is 4. The maximum Gasteiger partial charge on any atom is 0.319 e. The van der Waals surface area contributed by atoms with Crippen LogP contribution in [0.3, 0.4) is 0 Å². The summed E-state index contributed by atoms with van der Waals surface area (Å²) in [5, 5.41) is 5.79. The molecule has 7 nitrogen and oxygen atoms in total. The van der Waals surface area contributed by atoms with Gasteiger partial charge in [0, 0.05) is 43.7 Å². The van der Waals surface area contributed by atoms with Crippen LogP contribution >= 0.6 is 0 Å². The summed E-state index contributed by atoms with van der Waals surface area (Å²) in [7, 11) is 0. The normalized spacial score (nSPS) is 23.8. The molecule has 1 aromatic rings. The van der Waals surface area contributed by atoms with Gasteiger partial charge in [0.25, 0.3) is 5.56 Å². The Morgan fingerprint density at radius 3 is 2.52 bits per heavy atom. The fourth-order valence-electron chi connectivity index (χ4n) is 5.40. The molecule has 2 bridgehead atoms. The first-order valence-corrected chi connectivity index (χ1v) is 11.8. The monoisotopic (exact) mass is 428 g/mol. The number of carbonyl (C=O) groups excluding carboxylic acids is 2. The molecular formula is C24H36N4O3. The second kappa shape index (κ2) is 8.67. The van der Waals surface area contributed by atoms with E-state index in [9.17, 15) is 14.4 Å². The number of aromatic nitrogens is 1. The lowest BCUT2D eigenvalue weighted by Gasteiger charge is -2.43. The van der Waals surface area contributed by atoms with Crippen molar-refractivity contribution in [2.45, 2.75) is 84.2 Å². The van der Waals surface area contributed by atoms with E-state index in [2.05, 4.69) is 31.4 Å². The Morgan fingerprint density at radius 1 is 1.06 bits per heavy atom. The van der Waals surface area contributed by atoms with Crippen molar-refractivity contribution in [1.29, 1.82) is 0 Å². The summed E-state index contributed by atoms with van der Waals surface area (Å²) < 4.78 is 1.82. The summed E-state index contributed by atoms with van der Waals surface area (Å²) >= 11 is 0. The molecule has 170 valence electrons. The molecule has 3 heterocycles. The maximum atomic E-state index is 13.1. The van der Waals surface area contributed by atoms with Gasteiger partial charge in [-0.05, 0) is 42.7 Å². The average molecular weight is 429 g/mol. The Morgan fingerprint density at radius 2 is 1.81 bits per heavy atom. The topological polar surface area (TPSA) is 83.4 Å². The number of nitrogens with one attached hydrogen (secondary N) is 2. The van der Waals surface area contributed by atoms with E-state index in [1.54, 1.807) is 6.07 Å². The third-order valence-electron chi connectivity index (χ3n) is 6.83. The van der Waals surface area contributed by atoms with Crippen molar-refractivity contribution in [3.05, 3.63) is 28.2 Å². The molecule has 0 radical (unpaired) electrons. The van der Waals surface area contributed by atoms with Gasteiger partial charge >= 0.3 is 6.03 Å². The van der Waals surface area contributed by atoms with Crippen LogP contribution in [0.4, 0.5) is 10.5 Å². The molecule has 2 atom stereocenters. The molecular weight excluding hydrogens is 392 g/mol. The summed E-state index contributed by atoms with van der Waals surface area (Å²) in [6, 6.07) is 3.59. The third-order valence-corrected chi connectivity index (χ3v) is 6.83. The van der Waals surface area contributed by atoms with Gasteiger partial charge in [0.1, 0.15) is 5.69 Å². The number of rotatable bonds is 3. The van der Waals surface area contributed by atoms with Crippen LogP contribution in [0.2, 0.25) is 0 Å². The molecule has 4 rings (SSSR count). The molecule has 1 saturated carbocycles. The van der Waals surface area contributed by atoms with Crippen molar-refractivity contribution < 1.29 is 9.59 Å². The molecule has 3 amide bonds. The van der Waals surface area contributed by atoms with Crippen LogP contribution < -0.4 is 16.2 Å². The molecule has 2 N–H and O–H groups in total. The van der Waals surface area contributed by atoms with E-state index in [-0.39, 0.29) is 40.8 Å². The highest BCUT2D eigenvalue weighted by Crippen LogP contribution is 2.36. The van der Waals surface area contributed by atoms with Crippen LogP contribution in [0.25, 0.3) is 0 Å². The summed E-state index contributed by atoms with van der Waals surface area (Å²) in [5.41, 5.74) is 1.14. The zero-order chi connectivity index (χ0) is 22.2. The van der Waals surface area contributed by atoms with Crippen molar-refractivity contribution in [2.24, 2.45) is 11.3 Å². The quantitative estimate of drug-likeness (QED) is 0.770. The number of hydrogen-bond acceptors (Lipinski definition) is 3. The molecule has 7 heteroatoms. The van der Waals surface area contributed by atoms with Crippen LogP contribution in [0.15, 0.2) is 16.9 Å². The Hall–Kier alpha value is -2.31.